The molecule has 0 atom stereocenters. The van der Waals surface area contributed by atoms with Gasteiger partial charge in [-0.15, -0.1) is 0 Å². The standard InChI is InChI=1S/C8H12N2O.C5H5.Fe/c9-5-6-10-8(11)7-3-1-2-4-7;1-2-4-5-3-1;/h1-4,10-11H,5-6,9H2;1-5H;/q;-1;. The normalized spacial score (nSPS) is 11.5. The molecule has 4 N–H and O–H groups in total. The van der Waals surface area contributed by atoms with E-state index in [0.717, 1.165) is 5.57 Å². The van der Waals surface area contributed by atoms with Crippen molar-refractivity contribution in [1.82, 2.24) is 5.32 Å². The van der Waals surface area contributed by atoms with E-state index in [1.165, 1.54) is 0 Å². The molecular weight excluding hydrogens is 256 g/mol. The van der Waals surface area contributed by atoms with E-state index < -0.39 is 0 Å². The molecule has 1 aliphatic carbocycles. The second kappa shape index (κ2) is 9.85. The van der Waals surface area contributed by atoms with Crippen LogP contribution in [0.5, 0.6) is 0 Å². The van der Waals surface area contributed by atoms with Crippen LogP contribution in [0.25, 0.3) is 0 Å². The van der Waals surface area contributed by atoms with Crippen LogP contribution in [0.4, 0.5) is 0 Å². The Bertz CT molecular complexity index is 336. The zero-order valence-electron chi connectivity index (χ0n) is 9.49. The van der Waals surface area contributed by atoms with Crippen molar-refractivity contribution >= 4 is 0 Å². The SMILES string of the molecule is NCCNC(O)=C1C=CC=C1.[Fe].c1cc[cH-]c1. The van der Waals surface area contributed by atoms with Crippen molar-refractivity contribution in [3.05, 3.63) is 66.1 Å². The molecule has 94 valence electrons. The third kappa shape index (κ3) is 6.74. The van der Waals surface area contributed by atoms with Gasteiger partial charge >= 0.3 is 0 Å². The van der Waals surface area contributed by atoms with Gasteiger partial charge in [-0.25, -0.2) is 12.1 Å². The maximum absolute atomic E-state index is 9.29. The number of nitrogens with two attached hydrogens (primary N) is 1. The van der Waals surface area contributed by atoms with Gasteiger partial charge in [-0.05, 0) is 12.2 Å². The van der Waals surface area contributed by atoms with Gasteiger partial charge in [-0.1, -0.05) is 12.2 Å². The summed E-state index contributed by atoms with van der Waals surface area (Å²) >= 11 is 0. The first-order valence-electron chi connectivity index (χ1n) is 5.23. The predicted molar refractivity (Wildman–Crippen MR) is 67.0 cm³/mol. The summed E-state index contributed by atoms with van der Waals surface area (Å²) in [5.41, 5.74) is 6.05. The molecule has 1 aromatic carbocycles. The quantitative estimate of drug-likeness (QED) is 0.447. The fourth-order valence-corrected chi connectivity index (χ4v) is 1.15. The molecule has 0 heterocycles. The summed E-state index contributed by atoms with van der Waals surface area (Å²) in [5, 5.41) is 12.1. The molecule has 4 heteroatoms. The summed E-state index contributed by atoms with van der Waals surface area (Å²) in [6.07, 6.45) is 7.41. The van der Waals surface area contributed by atoms with E-state index in [4.69, 9.17) is 5.73 Å². The summed E-state index contributed by atoms with van der Waals surface area (Å²) in [7, 11) is 0. The van der Waals surface area contributed by atoms with Crippen LogP contribution in [0.2, 0.25) is 0 Å². The van der Waals surface area contributed by atoms with E-state index in [1.807, 2.05) is 54.6 Å². The van der Waals surface area contributed by atoms with Crippen molar-refractivity contribution < 1.29 is 22.2 Å². The fourth-order valence-electron chi connectivity index (χ4n) is 1.15. The van der Waals surface area contributed by atoms with E-state index in [0.29, 0.717) is 13.1 Å². The number of hydrogen-bond donors (Lipinski definition) is 3. The Kier molecular flexibility index (Phi) is 9.06. The molecule has 0 aromatic heterocycles. The Labute approximate surface area is 113 Å². The van der Waals surface area contributed by atoms with Gasteiger partial charge in [-0.2, -0.15) is 18.2 Å². The number of allylic oxidation sites excluding steroid dienone is 5. The van der Waals surface area contributed by atoms with Crippen LogP contribution in [0.1, 0.15) is 0 Å². The maximum atomic E-state index is 9.29. The molecule has 0 saturated heterocycles. The van der Waals surface area contributed by atoms with E-state index in [1.54, 1.807) is 0 Å². The van der Waals surface area contributed by atoms with Gasteiger partial charge in [0, 0.05) is 35.7 Å². The molecule has 0 saturated carbocycles. The summed E-state index contributed by atoms with van der Waals surface area (Å²) in [6, 6.07) is 10.0. The second-order valence-electron chi connectivity index (χ2n) is 3.20. The second-order valence-corrected chi connectivity index (χ2v) is 3.20. The van der Waals surface area contributed by atoms with Gasteiger partial charge in [-0.3, -0.25) is 0 Å². The van der Waals surface area contributed by atoms with Gasteiger partial charge in [0.25, 0.3) is 0 Å². The van der Waals surface area contributed by atoms with Gasteiger partial charge in [0.1, 0.15) is 0 Å². The van der Waals surface area contributed by atoms with Gasteiger partial charge < -0.3 is 16.2 Å². The molecule has 0 unspecified atom stereocenters. The molecule has 0 aliphatic heterocycles. The zero-order valence-corrected chi connectivity index (χ0v) is 10.6. The van der Waals surface area contributed by atoms with Gasteiger partial charge in [0.2, 0.25) is 0 Å². The molecular formula is C13H17FeN2O-. The topological polar surface area (TPSA) is 58.3 Å². The first kappa shape index (κ1) is 15.6. The van der Waals surface area contributed by atoms with Crippen LogP contribution >= 0.6 is 0 Å². The van der Waals surface area contributed by atoms with E-state index in [9.17, 15) is 5.11 Å². The van der Waals surface area contributed by atoms with Crippen LogP contribution in [0.3, 0.4) is 0 Å². The van der Waals surface area contributed by atoms with E-state index in [-0.39, 0.29) is 23.0 Å². The number of aliphatic hydroxyl groups excluding tert-OH is 1. The molecule has 0 spiro atoms. The Morgan fingerprint density at radius 3 is 2.24 bits per heavy atom. The van der Waals surface area contributed by atoms with Crippen molar-refractivity contribution in [2.24, 2.45) is 5.73 Å². The molecule has 1 aromatic rings. The Morgan fingerprint density at radius 1 is 1.24 bits per heavy atom. The van der Waals surface area contributed by atoms with Crippen molar-refractivity contribution in [2.75, 3.05) is 13.1 Å². The van der Waals surface area contributed by atoms with Crippen LogP contribution < -0.4 is 11.1 Å². The summed E-state index contributed by atoms with van der Waals surface area (Å²) in [4.78, 5) is 0. The third-order valence-corrected chi connectivity index (χ3v) is 1.93. The molecule has 2 rings (SSSR count). The van der Waals surface area contributed by atoms with Crippen molar-refractivity contribution in [1.29, 1.82) is 0 Å². The van der Waals surface area contributed by atoms with Crippen LogP contribution in [-0.4, -0.2) is 18.2 Å². The van der Waals surface area contributed by atoms with Crippen molar-refractivity contribution in [2.45, 2.75) is 0 Å². The predicted octanol–water partition coefficient (Wildman–Crippen LogP) is 1.83. The summed E-state index contributed by atoms with van der Waals surface area (Å²) < 4.78 is 0. The molecule has 17 heavy (non-hydrogen) atoms. The fraction of sp³-hybridized carbons (Fsp3) is 0.154. The monoisotopic (exact) mass is 273 g/mol. The minimum Gasteiger partial charge on any atom is -0.494 e. The largest absolute Gasteiger partial charge is 0.494 e. The molecule has 0 fully saturated rings. The average Bonchev–Trinajstić information content (AvgIpc) is 2.98. The molecule has 1 aliphatic rings. The number of hydrogen-bond acceptors (Lipinski definition) is 3. The first-order chi connectivity index (χ1) is 7.84. The summed E-state index contributed by atoms with van der Waals surface area (Å²) in [6.45, 7) is 1.11. The Hall–Kier alpha value is -1.35. The molecule has 0 amide bonds. The van der Waals surface area contributed by atoms with Crippen LogP contribution in [0, 0.1) is 0 Å². The number of nitrogens with one attached hydrogen (secondary N) is 1. The van der Waals surface area contributed by atoms with E-state index in [2.05, 4.69) is 5.32 Å². The first-order valence-corrected chi connectivity index (χ1v) is 5.23. The Balaban J connectivity index is 0.000000360. The molecule has 0 bridgehead atoms. The number of rotatable bonds is 3. The molecule has 0 radical (unpaired) electrons. The Morgan fingerprint density at radius 2 is 1.82 bits per heavy atom. The smallest absolute Gasteiger partial charge is 0.191 e. The number of aliphatic hydroxyl groups is 1. The molecule has 3 nitrogen and oxygen atoms in total. The summed E-state index contributed by atoms with van der Waals surface area (Å²) in [5.74, 6) is 0.195. The minimum absolute atomic E-state index is 0. The van der Waals surface area contributed by atoms with Crippen LogP contribution in [0.15, 0.2) is 66.1 Å². The van der Waals surface area contributed by atoms with E-state index >= 15 is 0 Å². The maximum Gasteiger partial charge on any atom is 0.191 e. The van der Waals surface area contributed by atoms with Crippen molar-refractivity contribution in [3.63, 3.8) is 0 Å². The third-order valence-electron chi connectivity index (χ3n) is 1.93. The van der Waals surface area contributed by atoms with Gasteiger partial charge in [0.05, 0.1) is 0 Å². The van der Waals surface area contributed by atoms with Crippen LogP contribution in [-0.2, 0) is 17.1 Å². The zero-order chi connectivity index (χ0) is 11.6. The average molecular weight is 273 g/mol. The van der Waals surface area contributed by atoms with Gasteiger partial charge in [0.15, 0.2) is 5.88 Å². The minimum atomic E-state index is 0. The van der Waals surface area contributed by atoms with Crippen molar-refractivity contribution in [3.8, 4) is 0 Å².